The van der Waals surface area contributed by atoms with Crippen LogP contribution in [0.3, 0.4) is 0 Å². The Kier molecular flexibility index (Phi) is 4.57. The highest BCUT2D eigenvalue weighted by atomic mass is 32.2. The maximum absolute atomic E-state index is 12.1. The Bertz CT molecular complexity index is 864. The Balaban J connectivity index is 1.37. The lowest BCUT2D eigenvalue weighted by Crippen LogP contribution is -2.14. The summed E-state index contributed by atoms with van der Waals surface area (Å²) in [6.45, 7) is 0. The van der Waals surface area contributed by atoms with E-state index in [9.17, 15) is 4.79 Å². The number of aromatic nitrogens is 4. The molecule has 1 fully saturated rings. The SMILES string of the molecule is O=C(Nc1ccccc1)c1ccc(Sc2nnc(NC3CC3)s2)nn1. The summed E-state index contributed by atoms with van der Waals surface area (Å²) in [7, 11) is 0. The van der Waals surface area contributed by atoms with Gasteiger partial charge in [-0.1, -0.05) is 29.5 Å². The van der Waals surface area contributed by atoms with Crippen LogP contribution in [0, 0.1) is 0 Å². The van der Waals surface area contributed by atoms with Gasteiger partial charge >= 0.3 is 0 Å². The molecule has 0 saturated heterocycles. The molecule has 2 heterocycles. The molecule has 1 aliphatic carbocycles. The van der Waals surface area contributed by atoms with Crippen molar-refractivity contribution in [3.8, 4) is 0 Å². The van der Waals surface area contributed by atoms with Crippen molar-refractivity contribution >= 4 is 39.8 Å². The Morgan fingerprint density at radius 1 is 1.04 bits per heavy atom. The van der Waals surface area contributed by atoms with Gasteiger partial charge in [-0.3, -0.25) is 4.79 Å². The molecular formula is C16H14N6OS2. The summed E-state index contributed by atoms with van der Waals surface area (Å²) in [4.78, 5) is 12.1. The van der Waals surface area contributed by atoms with Crippen LogP contribution in [0.25, 0.3) is 0 Å². The Morgan fingerprint density at radius 3 is 2.60 bits per heavy atom. The highest BCUT2D eigenvalue weighted by molar-refractivity contribution is 8.01. The molecule has 7 nitrogen and oxygen atoms in total. The molecule has 2 aromatic heterocycles. The molecule has 1 amide bonds. The molecule has 9 heteroatoms. The van der Waals surface area contributed by atoms with Gasteiger partial charge in [-0.2, -0.15) is 0 Å². The summed E-state index contributed by atoms with van der Waals surface area (Å²) in [5, 5.41) is 23.9. The molecule has 0 atom stereocenters. The summed E-state index contributed by atoms with van der Waals surface area (Å²) >= 11 is 2.87. The number of hydrogen-bond donors (Lipinski definition) is 2. The molecule has 25 heavy (non-hydrogen) atoms. The van der Waals surface area contributed by atoms with Crippen LogP contribution in [-0.2, 0) is 0 Å². The second kappa shape index (κ2) is 7.16. The second-order valence-corrected chi connectivity index (χ2v) is 7.72. The number of amides is 1. The monoisotopic (exact) mass is 370 g/mol. The average Bonchev–Trinajstić information content (AvgIpc) is 3.34. The van der Waals surface area contributed by atoms with Crippen LogP contribution in [0.2, 0.25) is 0 Å². The normalized spacial score (nSPS) is 13.4. The number of anilines is 2. The minimum absolute atomic E-state index is 0.265. The highest BCUT2D eigenvalue weighted by Gasteiger charge is 2.22. The third kappa shape index (κ3) is 4.31. The number of carbonyl (C=O) groups is 1. The maximum Gasteiger partial charge on any atom is 0.276 e. The van der Waals surface area contributed by atoms with Crippen LogP contribution in [0.4, 0.5) is 10.8 Å². The van der Waals surface area contributed by atoms with Gasteiger partial charge < -0.3 is 10.6 Å². The van der Waals surface area contributed by atoms with E-state index in [0.29, 0.717) is 11.1 Å². The van der Waals surface area contributed by atoms with Gasteiger partial charge in [0.2, 0.25) is 5.13 Å². The highest BCUT2D eigenvalue weighted by Crippen LogP contribution is 2.32. The zero-order valence-electron chi connectivity index (χ0n) is 13.0. The molecule has 0 spiro atoms. The molecule has 1 aliphatic rings. The third-order valence-corrected chi connectivity index (χ3v) is 5.24. The average molecular weight is 370 g/mol. The van der Waals surface area contributed by atoms with Crippen molar-refractivity contribution in [3.05, 3.63) is 48.2 Å². The van der Waals surface area contributed by atoms with Crippen molar-refractivity contribution in [3.63, 3.8) is 0 Å². The molecule has 1 aromatic carbocycles. The summed E-state index contributed by atoms with van der Waals surface area (Å²) in [5.74, 6) is -0.290. The molecular weight excluding hydrogens is 356 g/mol. The van der Waals surface area contributed by atoms with E-state index >= 15 is 0 Å². The standard InChI is InChI=1S/C16H14N6OS2/c23-14(17-10-4-2-1-3-5-10)12-8-9-13(20-19-12)24-16-22-21-15(25-16)18-11-6-7-11/h1-5,8-9,11H,6-7H2,(H,17,23)(H,18,21). The zero-order valence-corrected chi connectivity index (χ0v) is 14.7. The number of para-hydroxylation sites is 1. The predicted octanol–water partition coefficient (Wildman–Crippen LogP) is 3.31. The van der Waals surface area contributed by atoms with Gasteiger partial charge in [0.05, 0.1) is 0 Å². The lowest BCUT2D eigenvalue weighted by Gasteiger charge is -2.04. The molecule has 4 rings (SSSR count). The first kappa shape index (κ1) is 16.0. The lowest BCUT2D eigenvalue weighted by molar-refractivity contribution is 0.102. The van der Waals surface area contributed by atoms with Gasteiger partial charge in [0.1, 0.15) is 5.03 Å². The first-order chi connectivity index (χ1) is 12.3. The first-order valence-electron chi connectivity index (χ1n) is 7.74. The van der Waals surface area contributed by atoms with Crippen molar-refractivity contribution in [2.24, 2.45) is 0 Å². The van der Waals surface area contributed by atoms with Gasteiger partial charge in [-0.05, 0) is 48.9 Å². The lowest BCUT2D eigenvalue weighted by atomic mass is 10.3. The minimum Gasteiger partial charge on any atom is -0.357 e. The predicted molar refractivity (Wildman–Crippen MR) is 97.1 cm³/mol. The van der Waals surface area contributed by atoms with Crippen LogP contribution in [0.15, 0.2) is 51.8 Å². The van der Waals surface area contributed by atoms with E-state index in [-0.39, 0.29) is 11.6 Å². The summed E-state index contributed by atoms with van der Waals surface area (Å²) < 4.78 is 0.791. The Morgan fingerprint density at radius 2 is 1.88 bits per heavy atom. The quantitative estimate of drug-likeness (QED) is 0.687. The summed E-state index contributed by atoms with van der Waals surface area (Å²) in [6.07, 6.45) is 2.39. The third-order valence-electron chi connectivity index (χ3n) is 3.41. The van der Waals surface area contributed by atoms with E-state index in [1.54, 1.807) is 12.1 Å². The Hall–Kier alpha value is -2.52. The topological polar surface area (TPSA) is 92.7 Å². The molecule has 0 bridgehead atoms. The van der Waals surface area contributed by atoms with Gasteiger partial charge in [-0.25, -0.2) is 0 Å². The van der Waals surface area contributed by atoms with Crippen molar-refractivity contribution in [1.82, 2.24) is 20.4 Å². The van der Waals surface area contributed by atoms with E-state index in [2.05, 4.69) is 31.0 Å². The number of carbonyl (C=O) groups excluding carboxylic acids is 1. The van der Waals surface area contributed by atoms with Crippen LogP contribution >= 0.6 is 23.1 Å². The second-order valence-electron chi connectivity index (χ2n) is 5.47. The largest absolute Gasteiger partial charge is 0.357 e. The number of nitrogens with one attached hydrogen (secondary N) is 2. The molecule has 3 aromatic rings. The molecule has 0 aliphatic heterocycles. The zero-order chi connectivity index (χ0) is 17.1. The smallest absolute Gasteiger partial charge is 0.276 e. The van der Waals surface area contributed by atoms with Gasteiger partial charge in [0, 0.05) is 11.7 Å². The summed E-state index contributed by atoms with van der Waals surface area (Å²) in [5.41, 5.74) is 0.985. The van der Waals surface area contributed by atoms with Crippen LogP contribution in [-0.4, -0.2) is 32.3 Å². The minimum atomic E-state index is -0.290. The number of benzene rings is 1. The number of nitrogens with zero attached hydrogens (tertiary/aromatic N) is 4. The van der Waals surface area contributed by atoms with Crippen LogP contribution in [0.1, 0.15) is 23.3 Å². The maximum atomic E-state index is 12.1. The van der Waals surface area contributed by atoms with Gasteiger partial charge in [0.25, 0.3) is 5.91 Å². The van der Waals surface area contributed by atoms with E-state index in [1.165, 1.54) is 35.9 Å². The number of rotatable bonds is 6. The fraction of sp³-hybridized carbons (Fsp3) is 0.188. The van der Waals surface area contributed by atoms with Crippen molar-refractivity contribution in [2.75, 3.05) is 10.6 Å². The van der Waals surface area contributed by atoms with Crippen LogP contribution < -0.4 is 10.6 Å². The first-order valence-corrected chi connectivity index (χ1v) is 9.37. The number of hydrogen-bond acceptors (Lipinski definition) is 8. The fourth-order valence-corrected chi connectivity index (χ4v) is 3.71. The van der Waals surface area contributed by atoms with Crippen molar-refractivity contribution in [2.45, 2.75) is 28.2 Å². The van der Waals surface area contributed by atoms with E-state index in [1.807, 2.05) is 30.3 Å². The molecule has 0 radical (unpaired) electrons. The van der Waals surface area contributed by atoms with E-state index < -0.39 is 0 Å². The van der Waals surface area contributed by atoms with Crippen molar-refractivity contribution < 1.29 is 4.79 Å². The molecule has 0 unspecified atom stereocenters. The Labute approximate surface area is 152 Å². The molecule has 2 N–H and O–H groups in total. The van der Waals surface area contributed by atoms with Gasteiger partial charge in [-0.15, -0.1) is 20.4 Å². The molecule has 1 saturated carbocycles. The fourth-order valence-electron chi connectivity index (χ4n) is 2.01. The van der Waals surface area contributed by atoms with Crippen LogP contribution in [0.5, 0.6) is 0 Å². The van der Waals surface area contributed by atoms with Gasteiger partial charge in [0.15, 0.2) is 10.0 Å². The summed E-state index contributed by atoms with van der Waals surface area (Å²) in [6, 6.07) is 13.2. The molecule has 126 valence electrons. The van der Waals surface area contributed by atoms with Crippen molar-refractivity contribution in [1.29, 1.82) is 0 Å². The van der Waals surface area contributed by atoms with E-state index in [0.717, 1.165) is 15.2 Å². The van der Waals surface area contributed by atoms with E-state index in [4.69, 9.17) is 0 Å².